The zero-order valence-electron chi connectivity index (χ0n) is 11.5. The zero-order chi connectivity index (χ0) is 13.7. The smallest absolute Gasteiger partial charge is 0.226 e. The zero-order valence-corrected chi connectivity index (χ0v) is 11.5. The number of nitrogens with zero attached hydrogens (tertiary/aromatic N) is 2. The quantitative estimate of drug-likeness (QED) is 0.842. The molecule has 6 nitrogen and oxygen atoms in total. The van der Waals surface area contributed by atoms with Crippen molar-refractivity contribution in [1.29, 1.82) is 0 Å². The number of aryl methyl sites for hydroxylation is 2. The van der Waals surface area contributed by atoms with E-state index in [1.165, 1.54) is 0 Å². The topological polar surface area (TPSA) is 77.2 Å². The first kappa shape index (κ1) is 14.0. The van der Waals surface area contributed by atoms with E-state index in [4.69, 9.17) is 9.26 Å². The van der Waals surface area contributed by atoms with E-state index in [1.807, 2.05) is 6.92 Å². The van der Waals surface area contributed by atoms with Gasteiger partial charge in [-0.3, -0.25) is 4.79 Å². The third-order valence-corrected chi connectivity index (χ3v) is 3.28. The van der Waals surface area contributed by atoms with Gasteiger partial charge in [0.1, 0.15) is 0 Å². The summed E-state index contributed by atoms with van der Waals surface area (Å²) in [4.78, 5) is 15.9. The van der Waals surface area contributed by atoms with Crippen LogP contribution in [-0.2, 0) is 16.0 Å². The molecule has 0 spiro atoms. The lowest BCUT2D eigenvalue weighted by Crippen LogP contribution is -2.40. The average molecular weight is 267 g/mol. The molecule has 106 valence electrons. The van der Waals surface area contributed by atoms with Gasteiger partial charge in [0.05, 0.1) is 12.1 Å². The minimum absolute atomic E-state index is 0.0548. The van der Waals surface area contributed by atoms with Crippen LogP contribution in [0.3, 0.4) is 0 Å². The third-order valence-electron chi connectivity index (χ3n) is 3.28. The number of carbonyl (C=O) groups is 1. The molecule has 0 saturated carbocycles. The van der Waals surface area contributed by atoms with Gasteiger partial charge in [-0.15, -0.1) is 0 Å². The lowest BCUT2D eigenvalue weighted by Gasteiger charge is -2.19. The maximum Gasteiger partial charge on any atom is 0.226 e. The average Bonchev–Trinajstić information content (AvgIpc) is 3.00. The Hall–Kier alpha value is -1.43. The predicted octanol–water partition coefficient (Wildman–Crippen LogP) is 1.38. The summed E-state index contributed by atoms with van der Waals surface area (Å²) in [5.74, 6) is 1.28. The van der Waals surface area contributed by atoms with E-state index in [-0.39, 0.29) is 18.1 Å². The highest BCUT2D eigenvalue weighted by Crippen LogP contribution is 2.15. The van der Waals surface area contributed by atoms with Crippen molar-refractivity contribution in [2.45, 2.75) is 58.1 Å². The van der Waals surface area contributed by atoms with Crippen LogP contribution in [0.5, 0.6) is 0 Å². The Morgan fingerprint density at radius 2 is 2.42 bits per heavy atom. The van der Waals surface area contributed by atoms with Gasteiger partial charge in [0.15, 0.2) is 5.82 Å². The van der Waals surface area contributed by atoms with Crippen molar-refractivity contribution in [3.8, 4) is 0 Å². The van der Waals surface area contributed by atoms with Gasteiger partial charge in [-0.2, -0.15) is 4.98 Å². The van der Waals surface area contributed by atoms with Gasteiger partial charge in [-0.05, 0) is 33.1 Å². The van der Waals surface area contributed by atoms with Gasteiger partial charge >= 0.3 is 0 Å². The molecule has 0 aliphatic carbocycles. The molecular weight excluding hydrogens is 246 g/mol. The molecule has 1 N–H and O–H groups in total. The number of rotatable bonds is 6. The van der Waals surface area contributed by atoms with Crippen LogP contribution >= 0.6 is 0 Å². The molecule has 19 heavy (non-hydrogen) atoms. The van der Waals surface area contributed by atoms with Gasteiger partial charge in [-0.1, -0.05) is 5.16 Å². The monoisotopic (exact) mass is 267 g/mol. The molecule has 1 amide bonds. The molecule has 0 radical (unpaired) electrons. The summed E-state index contributed by atoms with van der Waals surface area (Å²) in [6.07, 6.45) is 4.11. The molecule has 1 fully saturated rings. The van der Waals surface area contributed by atoms with Crippen LogP contribution < -0.4 is 5.32 Å². The fourth-order valence-electron chi connectivity index (χ4n) is 2.26. The molecule has 2 rings (SSSR count). The van der Waals surface area contributed by atoms with Gasteiger partial charge in [-0.25, -0.2) is 0 Å². The Kier molecular flexibility index (Phi) is 4.90. The minimum Gasteiger partial charge on any atom is -0.376 e. The van der Waals surface area contributed by atoms with Crippen molar-refractivity contribution in [3.05, 3.63) is 11.7 Å². The molecule has 1 saturated heterocycles. The van der Waals surface area contributed by atoms with Crippen LogP contribution in [0.2, 0.25) is 0 Å². The molecular formula is C13H21N3O3. The number of nitrogens with one attached hydrogen (secondary N) is 1. The number of carbonyl (C=O) groups excluding carboxylic acids is 1. The maximum absolute atomic E-state index is 11.8. The van der Waals surface area contributed by atoms with E-state index >= 15 is 0 Å². The second-order valence-electron chi connectivity index (χ2n) is 5.00. The van der Waals surface area contributed by atoms with Crippen LogP contribution in [0.1, 0.15) is 44.3 Å². The highest BCUT2D eigenvalue weighted by atomic mass is 16.5. The molecule has 1 aliphatic heterocycles. The predicted molar refractivity (Wildman–Crippen MR) is 68.6 cm³/mol. The molecule has 2 unspecified atom stereocenters. The molecule has 1 aromatic heterocycles. The molecule has 6 heteroatoms. The summed E-state index contributed by atoms with van der Waals surface area (Å²) in [5, 5.41) is 6.69. The fraction of sp³-hybridized carbons (Fsp3) is 0.769. The Balaban J connectivity index is 1.64. The van der Waals surface area contributed by atoms with Crippen molar-refractivity contribution < 1.29 is 14.1 Å². The Morgan fingerprint density at radius 3 is 3.05 bits per heavy atom. The van der Waals surface area contributed by atoms with Gasteiger partial charge in [0.2, 0.25) is 11.8 Å². The van der Waals surface area contributed by atoms with Crippen molar-refractivity contribution >= 4 is 5.91 Å². The molecule has 2 heterocycles. The second-order valence-corrected chi connectivity index (χ2v) is 5.00. The van der Waals surface area contributed by atoms with Crippen LogP contribution in [0, 0.1) is 6.92 Å². The van der Waals surface area contributed by atoms with Gasteiger partial charge < -0.3 is 14.6 Å². The lowest BCUT2D eigenvalue weighted by atomic mass is 10.1. The summed E-state index contributed by atoms with van der Waals surface area (Å²) in [7, 11) is 0. The number of hydrogen-bond donors (Lipinski definition) is 1. The van der Waals surface area contributed by atoms with Crippen LogP contribution in [0.15, 0.2) is 4.52 Å². The van der Waals surface area contributed by atoms with Crippen LogP contribution in [0.25, 0.3) is 0 Å². The largest absolute Gasteiger partial charge is 0.376 e. The molecule has 0 aromatic carbocycles. The summed E-state index contributed by atoms with van der Waals surface area (Å²) < 4.78 is 10.5. The molecule has 1 aliphatic rings. The SMILES string of the molecule is Cc1noc(CCCC(=O)NC(C)C2CCCO2)n1. The van der Waals surface area contributed by atoms with E-state index in [0.717, 1.165) is 19.4 Å². The molecule has 0 bridgehead atoms. The van der Waals surface area contributed by atoms with Crippen LogP contribution in [0.4, 0.5) is 0 Å². The maximum atomic E-state index is 11.8. The van der Waals surface area contributed by atoms with Crippen molar-refractivity contribution in [3.63, 3.8) is 0 Å². The standard InChI is InChI=1S/C13H21N3O3/c1-9(11-5-4-8-18-11)14-12(17)6-3-7-13-15-10(2)16-19-13/h9,11H,3-8H2,1-2H3,(H,14,17). The summed E-state index contributed by atoms with van der Waals surface area (Å²) in [6, 6.07) is 0.0839. The van der Waals surface area contributed by atoms with Crippen molar-refractivity contribution in [2.75, 3.05) is 6.61 Å². The first-order valence-electron chi connectivity index (χ1n) is 6.85. The van der Waals surface area contributed by atoms with Crippen LogP contribution in [-0.4, -0.2) is 34.8 Å². The minimum atomic E-state index is 0.0548. The Bertz CT molecular complexity index is 413. The van der Waals surface area contributed by atoms with E-state index in [9.17, 15) is 4.79 Å². The fourth-order valence-corrected chi connectivity index (χ4v) is 2.26. The molecule has 2 atom stereocenters. The summed E-state index contributed by atoms with van der Waals surface area (Å²) in [5.41, 5.74) is 0. The Morgan fingerprint density at radius 1 is 1.58 bits per heavy atom. The second kappa shape index (κ2) is 6.65. The highest BCUT2D eigenvalue weighted by Gasteiger charge is 2.23. The number of ether oxygens (including phenoxy) is 1. The molecule has 1 aromatic rings. The van der Waals surface area contributed by atoms with Gasteiger partial charge in [0.25, 0.3) is 0 Å². The Labute approximate surface area is 112 Å². The first-order valence-corrected chi connectivity index (χ1v) is 6.85. The third kappa shape index (κ3) is 4.31. The van der Waals surface area contributed by atoms with Crippen molar-refractivity contribution in [2.24, 2.45) is 0 Å². The lowest BCUT2D eigenvalue weighted by molar-refractivity contribution is -0.122. The number of amides is 1. The van der Waals surface area contributed by atoms with Crippen molar-refractivity contribution in [1.82, 2.24) is 15.5 Å². The number of hydrogen-bond acceptors (Lipinski definition) is 5. The van der Waals surface area contributed by atoms with E-state index in [1.54, 1.807) is 6.92 Å². The van der Waals surface area contributed by atoms with E-state index in [0.29, 0.717) is 31.0 Å². The normalized spacial score (nSPS) is 20.4. The highest BCUT2D eigenvalue weighted by molar-refractivity contribution is 5.76. The van der Waals surface area contributed by atoms with E-state index < -0.39 is 0 Å². The number of aromatic nitrogens is 2. The van der Waals surface area contributed by atoms with Gasteiger partial charge in [0, 0.05) is 19.4 Å². The van der Waals surface area contributed by atoms with E-state index in [2.05, 4.69) is 15.5 Å². The summed E-state index contributed by atoms with van der Waals surface area (Å²) in [6.45, 7) is 4.58. The summed E-state index contributed by atoms with van der Waals surface area (Å²) >= 11 is 0. The first-order chi connectivity index (χ1) is 9.15.